The molecule has 5 heteroatoms. The Morgan fingerprint density at radius 2 is 1.96 bits per heavy atom. The van der Waals surface area contributed by atoms with Crippen LogP contribution in [0, 0.1) is 0 Å². The molecule has 1 N–H and O–H groups in total. The molecule has 0 fully saturated rings. The number of benzene rings is 2. The molecule has 0 spiro atoms. The summed E-state index contributed by atoms with van der Waals surface area (Å²) in [5.41, 5.74) is 3.39. The molecule has 1 atom stereocenters. The number of fused-ring (bicyclic) bond motifs is 1. The minimum Gasteiger partial charge on any atom is -0.497 e. The summed E-state index contributed by atoms with van der Waals surface area (Å²) < 4.78 is 13.4. The Morgan fingerprint density at radius 3 is 2.73 bits per heavy atom. The van der Waals surface area contributed by atoms with Gasteiger partial charge >= 0.3 is 0 Å². The summed E-state index contributed by atoms with van der Waals surface area (Å²) >= 11 is 0. The van der Waals surface area contributed by atoms with Crippen molar-refractivity contribution in [3.05, 3.63) is 72.2 Å². The summed E-state index contributed by atoms with van der Waals surface area (Å²) in [6, 6.07) is 18.4. The SMILES string of the molecule is COc1ccc(CNCC2Cn3cc(-c4ccccc4)nc3CO2)cc1. The van der Waals surface area contributed by atoms with Crippen LogP contribution in [0.5, 0.6) is 5.75 Å². The smallest absolute Gasteiger partial charge is 0.135 e. The van der Waals surface area contributed by atoms with Crippen LogP contribution >= 0.6 is 0 Å². The van der Waals surface area contributed by atoms with E-state index in [1.807, 2.05) is 30.3 Å². The topological polar surface area (TPSA) is 48.3 Å². The first-order valence-electron chi connectivity index (χ1n) is 8.88. The third kappa shape index (κ3) is 3.79. The maximum absolute atomic E-state index is 5.96. The van der Waals surface area contributed by atoms with Gasteiger partial charge in [-0.15, -0.1) is 0 Å². The molecule has 1 aromatic heterocycles. The van der Waals surface area contributed by atoms with E-state index in [1.54, 1.807) is 7.11 Å². The first-order chi connectivity index (χ1) is 12.8. The van der Waals surface area contributed by atoms with Gasteiger partial charge in [0.2, 0.25) is 0 Å². The number of nitrogens with zero attached hydrogens (tertiary/aromatic N) is 2. The van der Waals surface area contributed by atoms with Gasteiger partial charge in [-0.1, -0.05) is 42.5 Å². The second kappa shape index (κ2) is 7.72. The highest BCUT2D eigenvalue weighted by Crippen LogP contribution is 2.22. The Bertz CT molecular complexity index is 843. The molecule has 4 rings (SSSR count). The van der Waals surface area contributed by atoms with Gasteiger partial charge in [-0.3, -0.25) is 0 Å². The van der Waals surface area contributed by atoms with E-state index in [1.165, 1.54) is 5.56 Å². The van der Waals surface area contributed by atoms with Gasteiger partial charge in [-0.2, -0.15) is 0 Å². The number of hydrogen-bond donors (Lipinski definition) is 1. The van der Waals surface area contributed by atoms with E-state index in [2.05, 4.69) is 40.3 Å². The summed E-state index contributed by atoms with van der Waals surface area (Å²) in [6.45, 7) is 3.01. The van der Waals surface area contributed by atoms with Crippen molar-refractivity contribution in [2.75, 3.05) is 13.7 Å². The van der Waals surface area contributed by atoms with Crippen molar-refractivity contribution in [2.24, 2.45) is 0 Å². The first kappa shape index (κ1) is 16.8. The number of aromatic nitrogens is 2. The molecule has 0 amide bonds. The Hall–Kier alpha value is -2.63. The highest BCUT2D eigenvalue weighted by molar-refractivity contribution is 5.58. The molecule has 0 bridgehead atoms. The Kier molecular flexibility index (Phi) is 5.00. The zero-order valence-electron chi connectivity index (χ0n) is 14.9. The van der Waals surface area contributed by atoms with Crippen molar-refractivity contribution in [1.82, 2.24) is 14.9 Å². The largest absolute Gasteiger partial charge is 0.497 e. The second-order valence-electron chi connectivity index (χ2n) is 6.47. The summed E-state index contributed by atoms with van der Waals surface area (Å²) in [7, 11) is 1.68. The fourth-order valence-electron chi connectivity index (χ4n) is 3.18. The molecule has 0 saturated carbocycles. The molecule has 0 radical (unpaired) electrons. The number of methoxy groups -OCH3 is 1. The van der Waals surface area contributed by atoms with Crippen LogP contribution in [-0.4, -0.2) is 29.3 Å². The van der Waals surface area contributed by atoms with E-state index in [0.717, 1.165) is 42.5 Å². The van der Waals surface area contributed by atoms with Crippen LogP contribution in [0.15, 0.2) is 60.8 Å². The normalized spacial score (nSPS) is 16.3. The summed E-state index contributed by atoms with van der Waals surface area (Å²) in [6.07, 6.45) is 2.28. The zero-order chi connectivity index (χ0) is 17.8. The van der Waals surface area contributed by atoms with E-state index in [0.29, 0.717) is 6.61 Å². The standard InChI is InChI=1S/C21H23N3O2/c1-25-18-9-7-16(8-10-18)11-22-12-19-13-24-14-20(23-21(24)15-26-19)17-5-3-2-4-6-17/h2-10,14,19,22H,11-13,15H2,1H3. The van der Waals surface area contributed by atoms with Gasteiger partial charge < -0.3 is 19.4 Å². The van der Waals surface area contributed by atoms with E-state index in [4.69, 9.17) is 14.5 Å². The quantitative estimate of drug-likeness (QED) is 0.742. The van der Waals surface area contributed by atoms with Crippen LogP contribution in [0.3, 0.4) is 0 Å². The zero-order valence-corrected chi connectivity index (χ0v) is 14.9. The lowest BCUT2D eigenvalue weighted by molar-refractivity contribution is 0.00278. The van der Waals surface area contributed by atoms with Crippen molar-refractivity contribution in [3.63, 3.8) is 0 Å². The van der Waals surface area contributed by atoms with Crippen molar-refractivity contribution < 1.29 is 9.47 Å². The number of rotatable bonds is 6. The van der Waals surface area contributed by atoms with Crippen molar-refractivity contribution in [1.29, 1.82) is 0 Å². The second-order valence-corrected chi connectivity index (χ2v) is 6.47. The van der Waals surface area contributed by atoms with Crippen LogP contribution in [-0.2, 0) is 24.4 Å². The maximum atomic E-state index is 5.96. The van der Waals surface area contributed by atoms with Gasteiger partial charge in [-0.05, 0) is 17.7 Å². The van der Waals surface area contributed by atoms with Gasteiger partial charge in [0.15, 0.2) is 0 Å². The van der Waals surface area contributed by atoms with E-state index >= 15 is 0 Å². The van der Waals surface area contributed by atoms with Crippen molar-refractivity contribution in [2.45, 2.75) is 25.8 Å². The molecule has 0 saturated heterocycles. The monoisotopic (exact) mass is 349 g/mol. The number of ether oxygens (including phenoxy) is 2. The van der Waals surface area contributed by atoms with Gasteiger partial charge in [0.1, 0.15) is 18.2 Å². The number of hydrogen-bond acceptors (Lipinski definition) is 4. The molecule has 2 aromatic carbocycles. The lowest BCUT2D eigenvalue weighted by atomic mass is 10.2. The molecule has 1 unspecified atom stereocenters. The molecule has 134 valence electrons. The third-order valence-electron chi connectivity index (χ3n) is 4.64. The van der Waals surface area contributed by atoms with Gasteiger partial charge in [-0.25, -0.2) is 4.98 Å². The number of nitrogens with one attached hydrogen (secondary N) is 1. The highest BCUT2D eigenvalue weighted by atomic mass is 16.5. The molecule has 0 aliphatic carbocycles. The molecule has 1 aliphatic rings. The first-order valence-corrected chi connectivity index (χ1v) is 8.88. The fourth-order valence-corrected chi connectivity index (χ4v) is 3.18. The van der Waals surface area contributed by atoms with E-state index in [-0.39, 0.29) is 6.10 Å². The molecular formula is C21H23N3O2. The highest BCUT2D eigenvalue weighted by Gasteiger charge is 2.21. The average molecular weight is 349 g/mol. The van der Waals surface area contributed by atoms with Crippen LogP contribution in [0.2, 0.25) is 0 Å². The Balaban J connectivity index is 1.32. The molecule has 1 aliphatic heterocycles. The van der Waals surface area contributed by atoms with Gasteiger partial charge in [0, 0.05) is 24.8 Å². The molecular weight excluding hydrogens is 326 g/mol. The summed E-state index contributed by atoms with van der Waals surface area (Å²) in [4.78, 5) is 4.71. The Morgan fingerprint density at radius 1 is 1.15 bits per heavy atom. The van der Waals surface area contributed by atoms with Crippen molar-refractivity contribution in [3.8, 4) is 17.0 Å². The van der Waals surface area contributed by atoms with Crippen LogP contribution < -0.4 is 10.1 Å². The molecule has 5 nitrogen and oxygen atoms in total. The van der Waals surface area contributed by atoms with Gasteiger partial charge in [0.25, 0.3) is 0 Å². The predicted octanol–water partition coefficient (Wildman–Crippen LogP) is 3.25. The third-order valence-corrected chi connectivity index (χ3v) is 4.64. The molecule has 26 heavy (non-hydrogen) atoms. The van der Waals surface area contributed by atoms with Crippen LogP contribution in [0.4, 0.5) is 0 Å². The van der Waals surface area contributed by atoms with E-state index in [9.17, 15) is 0 Å². The van der Waals surface area contributed by atoms with Crippen LogP contribution in [0.1, 0.15) is 11.4 Å². The summed E-state index contributed by atoms with van der Waals surface area (Å²) in [5.74, 6) is 1.88. The lowest BCUT2D eigenvalue weighted by Gasteiger charge is -2.24. The van der Waals surface area contributed by atoms with Gasteiger partial charge in [0.05, 0.1) is 25.5 Å². The lowest BCUT2D eigenvalue weighted by Crippen LogP contribution is -2.35. The predicted molar refractivity (Wildman–Crippen MR) is 101 cm³/mol. The van der Waals surface area contributed by atoms with Crippen LogP contribution in [0.25, 0.3) is 11.3 Å². The minimum absolute atomic E-state index is 0.151. The average Bonchev–Trinajstić information content (AvgIpc) is 3.13. The van der Waals surface area contributed by atoms with E-state index < -0.39 is 0 Å². The number of imidazole rings is 1. The Labute approximate surface area is 153 Å². The minimum atomic E-state index is 0.151. The fraction of sp³-hybridized carbons (Fsp3) is 0.286. The molecule has 3 aromatic rings. The maximum Gasteiger partial charge on any atom is 0.135 e. The molecule has 2 heterocycles. The van der Waals surface area contributed by atoms with Crippen molar-refractivity contribution >= 4 is 0 Å². The summed E-state index contributed by atoms with van der Waals surface area (Å²) in [5, 5.41) is 3.48.